The Balaban J connectivity index is 2.64. The molecule has 0 amide bonds. The van der Waals surface area contributed by atoms with Crippen molar-refractivity contribution < 1.29 is 5.11 Å². The molecule has 0 fully saturated rings. The third-order valence-electron chi connectivity index (χ3n) is 1.57. The molecule has 68 valence electrons. The van der Waals surface area contributed by atoms with Gasteiger partial charge < -0.3 is 5.11 Å². The first-order chi connectivity index (χ1) is 5.59. The van der Waals surface area contributed by atoms with Gasteiger partial charge in [0.15, 0.2) is 0 Å². The fraction of sp³-hybridized carbons (Fsp3) is 0.750. The molecule has 0 bridgehead atoms. The first-order valence-electron chi connectivity index (χ1n) is 4.17. The second-order valence-corrected chi connectivity index (χ2v) is 3.33. The van der Waals surface area contributed by atoms with Gasteiger partial charge in [-0.05, 0) is 12.8 Å². The lowest BCUT2D eigenvalue weighted by molar-refractivity contribution is 0.162. The maximum absolute atomic E-state index is 9.05. The predicted octanol–water partition coefficient (Wildman–Crippen LogP) is 0.782. The summed E-state index contributed by atoms with van der Waals surface area (Å²) in [7, 11) is 0. The predicted molar refractivity (Wildman–Crippen MR) is 45.8 cm³/mol. The molecule has 0 aromatic carbocycles. The molecule has 1 aromatic heterocycles. The lowest BCUT2D eigenvalue weighted by Gasteiger charge is -2.01. The van der Waals surface area contributed by atoms with Gasteiger partial charge in [-0.15, -0.1) is 0 Å². The third kappa shape index (κ3) is 2.30. The van der Waals surface area contributed by atoms with E-state index in [0.717, 1.165) is 5.69 Å². The van der Waals surface area contributed by atoms with Crippen LogP contribution in [0.15, 0.2) is 6.20 Å². The van der Waals surface area contributed by atoms with Gasteiger partial charge in [-0.3, -0.25) is 0 Å². The van der Waals surface area contributed by atoms with Gasteiger partial charge in [-0.1, -0.05) is 13.8 Å². The number of rotatable bonds is 3. The average Bonchev–Trinajstić information content (AvgIpc) is 2.34. The highest BCUT2D eigenvalue weighted by Gasteiger charge is 2.05. The summed E-state index contributed by atoms with van der Waals surface area (Å²) in [5.41, 5.74) is 0.968. The van der Waals surface area contributed by atoms with Crippen LogP contribution < -0.4 is 0 Å². The Labute approximate surface area is 72.2 Å². The van der Waals surface area contributed by atoms with Crippen LogP contribution >= 0.6 is 0 Å². The monoisotopic (exact) mass is 169 g/mol. The third-order valence-corrected chi connectivity index (χ3v) is 1.57. The summed E-state index contributed by atoms with van der Waals surface area (Å²) in [6, 6.07) is 0. The van der Waals surface area contributed by atoms with E-state index >= 15 is 0 Å². The van der Waals surface area contributed by atoms with Crippen LogP contribution in [0.2, 0.25) is 0 Å². The number of hydrogen-bond acceptors (Lipinski definition) is 3. The van der Waals surface area contributed by atoms with Gasteiger partial charge in [-0.25, -0.2) is 0 Å². The second-order valence-electron chi connectivity index (χ2n) is 3.33. The Morgan fingerprint density at radius 1 is 1.50 bits per heavy atom. The number of aliphatic hydroxyl groups excluding tert-OH is 1. The van der Waals surface area contributed by atoms with Crippen molar-refractivity contribution >= 4 is 0 Å². The van der Waals surface area contributed by atoms with Crippen molar-refractivity contribution in [2.24, 2.45) is 0 Å². The summed E-state index contributed by atoms with van der Waals surface area (Å²) in [5.74, 6) is 0.396. The Bertz CT molecular complexity index is 242. The van der Waals surface area contributed by atoms with Gasteiger partial charge in [0.05, 0.1) is 24.5 Å². The lowest BCUT2D eigenvalue weighted by Crippen LogP contribution is -2.14. The molecule has 1 heterocycles. The van der Waals surface area contributed by atoms with Crippen molar-refractivity contribution in [2.45, 2.75) is 39.3 Å². The fourth-order valence-electron chi connectivity index (χ4n) is 0.900. The molecule has 0 aliphatic rings. The van der Waals surface area contributed by atoms with Gasteiger partial charge in [0.25, 0.3) is 0 Å². The summed E-state index contributed by atoms with van der Waals surface area (Å²) < 4.78 is 0. The summed E-state index contributed by atoms with van der Waals surface area (Å²) in [6.45, 7) is 6.32. The van der Waals surface area contributed by atoms with E-state index in [2.05, 4.69) is 24.0 Å². The maximum Gasteiger partial charge on any atom is 0.0864 e. The zero-order valence-corrected chi connectivity index (χ0v) is 7.73. The quantitative estimate of drug-likeness (QED) is 0.727. The van der Waals surface area contributed by atoms with Crippen LogP contribution in [0.3, 0.4) is 0 Å². The average molecular weight is 169 g/mol. The minimum atomic E-state index is -0.391. The maximum atomic E-state index is 9.05. The van der Waals surface area contributed by atoms with Crippen LogP contribution in [0.1, 0.15) is 32.4 Å². The van der Waals surface area contributed by atoms with Crippen LogP contribution in [0, 0.1) is 0 Å². The molecule has 0 spiro atoms. The van der Waals surface area contributed by atoms with Crippen LogP contribution in [0.5, 0.6) is 0 Å². The molecular weight excluding hydrogens is 154 g/mol. The highest BCUT2D eigenvalue weighted by molar-refractivity contribution is 4.97. The van der Waals surface area contributed by atoms with Crippen molar-refractivity contribution in [3.8, 4) is 0 Å². The van der Waals surface area contributed by atoms with Crippen molar-refractivity contribution in [2.75, 3.05) is 0 Å². The Morgan fingerprint density at radius 2 is 2.17 bits per heavy atom. The van der Waals surface area contributed by atoms with E-state index < -0.39 is 6.10 Å². The van der Waals surface area contributed by atoms with Crippen LogP contribution in [-0.2, 0) is 6.54 Å². The van der Waals surface area contributed by atoms with Crippen LogP contribution in [0.25, 0.3) is 0 Å². The smallest absolute Gasteiger partial charge is 0.0864 e. The second kappa shape index (κ2) is 3.67. The topological polar surface area (TPSA) is 50.9 Å². The molecule has 0 radical (unpaired) electrons. The van der Waals surface area contributed by atoms with E-state index in [1.54, 1.807) is 13.1 Å². The van der Waals surface area contributed by atoms with Gasteiger partial charge in [0, 0.05) is 0 Å². The molecule has 0 saturated carbocycles. The highest BCUT2D eigenvalue weighted by Crippen LogP contribution is 2.08. The molecule has 1 rings (SSSR count). The van der Waals surface area contributed by atoms with Gasteiger partial charge in [-0.2, -0.15) is 15.0 Å². The van der Waals surface area contributed by atoms with Gasteiger partial charge >= 0.3 is 0 Å². The number of hydrogen-bond donors (Lipinski definition) is 1. The normalized spacial score (nSPS) is 13.8. The number of aliphatic hydroxyl groups is 1. The first kappa shape index (κ1) is 9.19. The molecule has 1 atom stereocenters. The standard InChI is InChI=1S/C8H15N3O/c1-6(2)8-4-9-11(10-8)5-7(3)12/h4,6-7,12H,5H2,1-3H3/t7-/m1/s1. The van der Waals surface area contributed by atoms with Crippen molar-refractivity contribution in [1.29, 1.82) is 0 Å². The van der Waals surface area contributed by atoms with E-state index in [1.807, 2.05) is 0 Å². The van der Waals surface area contributed by atoms with E-state index in [4.69, 9.17) is 5.11 Å². The van der Waals surface area contributed by atoms with E-state index in [1.165, 1.54) is 4.80 Å². The zero-order valence-electron chi connectivity index (χ0n) is 7.73. The number of aromatic nitrogens is 3. The molecule has 4 heteroatoms. The molecule has 0 aliphatic heterocycles. The zero-order chi connectivity index (χ0) is 9.14. The molecule has 1 N–H and O–H groups in total. The molecule has 4 nitrogen and oxygen atoms in total. The van der Waals surface area contributed by atoms with E-state index in [-0.39, 0.29) is 0 Å². The molecule has 0 saturated heterocycles. The van der Waals surface area contributed by atoms with Gasteiger partial charge in [0.2, 0.25) is 0 Å². The summed E-state index contributed by atoms with van der Waals surface area (Å²) >= 11 is 0. The molecule has 12 heavy (non-hydrogen) atoms. The minimum Gasteiger partial charge on any atom is -0.391 e. The van der Waals surface area contributed by atoms with Crippen molar-refractivity contribution in [3.63, 3.8) is 0 Å². The molecule has 0 aliphatic carbocycles. The Kier molecular flexibility index (Phi) is 2.81. The number of nitrogens with zero attached hydrogens (tertiary/aromatic N) is 3. The summed E-state index contributed by atoms with van der Waals surface area (Å²) in [5, 5.41) is 17.3. The van der Waals surface area contributed by atoms with Gasteiger partial charge in [0.1, 0.15) is 0 Å². The molecule has 1 aromatic rings. The van der Waals surface area contributed by atoms with Crippen molar-refractivity contribution in [1.82, 2.24) is 15.0 Å². The summed E-state index contributed by atoms with van der Waals surface area (Å²) in [6.07, 6.45) is 1.35. The largest absolute Gasteiger partial charge is 0.391 e. The lowest BCUT2D eigenvalue weighted by atomic mass is 10.2. The SMILES string of the molecule is CC(C)c1cnn(C[C@@H](C)O)n1. The molecular formula is C8H15N3O. The summed E-state index contributed by atoms with van der Waals surface area (Å²) in [4.78, 5) is 1.53. The van der Waals surface area contributed by atoms with Crippen LogP contribution in [-0.4, -0.2) is 26.2 Å². The van der Waals surface area contributed by atoms with Crippen LogP contribution in [0.4, 0.5) is 0 Å². The fourth-order valence-corrected chi connectivity index (χ4v) is 0.900. The Hall–Kier alpha value is -0.900. The van der Waals surface area contributed by atoms with E-state index in [9.17, 15) is 0 Å². The highest BCUT2D eigenvalue weighted by atomic mass is 16.3. The Morgan fingerprint density at radius 3 is 2.58 bits per heavy atom. The van der Waals surface area contributed by atoms with E-state index in [0.29, 0.717) is 12.5 Å². The first-order valence-corrected chi connectivity index (χ1v) is 4.17. The van der Waals surface area contributed by atoms with Crippen molar-refractivity contribution in [3.05, 3.63) is 11.9 Å². The molecule has 0 unspecified atom stereocenters. The minimum absolute atomic E-state index is 0.391.